The zero-order chi connectivity index (χ0) is 30.1. The largest absolute Gasteiger partial charge is 0.486 e. The van der Waals surface area contributed by atoms with Gasteiger partial charge in [-0.2, -0.15) is 0 Å². The lowest BCUT2D eigenvalue weighted by molar-refractivity contribution is -0.107. The highest BCUT2D eigenvalue weighted by atomic mass is 19.1. The van der Waals surface area contributed by atoms with E-state index >= 15 is 0 Å². The minimum atomic E-state index is -0.331. The number of Topliss-reactive ketones (excluding diaryl/α,β-unsaturated/α-hetero) is 1. The number of hydrogen-bond acceptors (Lipinski definition) is 5. The lowest BCUT2D eigenvalue weighted by Gasteiger charge is -2.36. The maximum Gasteiger partial charge on any atom is 0.162 e. The summed E-state index contributed by atoms with van der Waals surface area (Å²) in [7, 11) is 0. The van der Waals surface area contributed by atoms with Gasteiger partial charge in [0.05, 0.1) is 0 Å². The Morgan fingerprint density at radius 2 is 1.63 bits per heavy atom. The van der Waals surface area contributed by atoms with Crippen LogP contribution in [0.4, 0.5) is 4.39 Å². The molecule has 2 aromatic rings. The number of aldehydes is 1. The molecule has 0 amide bonds. The Morgan fingerprint density at radius 3 is 2.27 bits per heavy atom. The maximum absolute atomic E-state index is 12.6. The predicted molar refractivity (Wildman–Crippen MR) is 166 cm³/mol. The number of hydrogen-bond donors (Lipinski definition) is 0. The third-order valence-electron chi connectivity index (χ3n) is 7.98. The first-order valence-electron chi connectivity index (χ1n) is 15.7. The van der Waals surface area contributed by atoms with Gasteiger partial charge >= 0.3 is 0 Å². The van der Waals surface area contributed by atoms with Crippen LogP contribution in [0.3, 0.4) is 0 Å². The summed E-state index contributed by atoms with van der Waals surface area (Å²) in [6.45, 7) is 16.3. The molecule has 1 atom stereocenters. The van der Waals surface area contributed by atoms with Gasteiger partial charge in [-0.25, -0.2) is 4.39 Å². The van der Waals surface area contributed by atoms with Crippen LogP contribution in [-0.4, -0.2) is 49.8 Å². The molecular weight excluding hydrogens is 517 g/mol. The standard InChI is InChI=1S/C20H31NO2.C13H15FO2.C2H6/c1-4-17(20(2,3)9-12-21-10-5-6-11-21)16-7-8-18-19(15-16)23-14-13-22-18;14-12-8-6-11(7-9-12)13(16)5-3-1-2-4-10-15;1-2/h7-8,15,17H,4-6,9-14H2,1-3H3;6-10H,1-5H2;1-2H3. The Morgan fingerprint density at radius 1 is 0.976 bits per heavy atom. The van der Waals surface area contributed by atoms with Crippen LogP contribution in [0.15, 0.2) is 42.5 Å². The fraction of sp³-hybridized carbons (Fsp3) is 0.600. The number of ether oxygens (including phenoxy) is 2. The van der Waals surface area contributed by atoms with Crippen molar-refractivity contribution in [2.24, 2.45) is 5.41 Å². The molecule has 0 spiro atoms. The molecule has 1 fully saturated rings. The van der Waals surface area contributed by atoms with E-state index in [-0.39, 0.29) is 11.6 Å². The molecule has 2 heterocycles. The quantitative estimate of drug-likeness (QED) is 0.137. The molecule has 5 nitrogen and oxygen atoms in total. The van der Waals surface area contributed by atoms with Gasteiger partial charge in [-0.15, -0.1) is 0 Å². The summed E-state index contributed by atoms with van der Waals surface area (Å²) in [4.78, 5) is 24.3. The predicted octanol–water partition coefficient (Wildman–Crippen LogP) is 8.65. The molecule has 0 aliphatic carbocycles. The van der Waals surface area contributed by atoms with Crippen molar-refractivity contribution in [3.63, 3.8) is 0 Å². The van der Waals surface area contributed by atoms with E-state index in [1.165, 1.54) is 68.7 Å². The van der Waals surface area contributed by atoms with Gasteiger partial charge in [-0.3, -0.25) is 4.79 Å². The van der Waals surface area contributed by atoms with Crippen molar-refractivity contribution in [3.8, 4) is 11.5 Å². The number of nitrogens with zero attached hydrogens (tertiary/aromatic N) is 1. The highest BCUT2D eigenvalue weighted by Crippen LogP contribution is 2.43. The third kappa shape index (κ3) is 11.6. The van der Waals surface area contributed by atoms with Gasteiger partial charge in [0, 0.05) is 18.4 Å². The fourth-order valence-corrected chi connectivity index (χ4v) is 5.61. The fourth-order valence-electron chi connectivity index (χ4n) is 5.61. The molecule has 2 aliphatic rings. The molecule has 4 rings (SSSR count). The van der Waals surface area contributed by atoms with Crippen LogP contribution in [0.2, 0.25) is 0 Å². The van der Waals surface area contributed by atoms with E-state index in [9.17, 15) is 14.0 Å². The van der Waals surface area contributed by atoms with Crippen molar-refractivity contribution in [3.05, 3.63) is 59.4 Å². The first-order chi connectivity index (χ1) is 19.8. The molecule has 228 valence electrons. The second kappa shape index (κ2) is 18.7. The second-order valence-electron chi connectivity index (χ2n) is 11.3. The molecule has 1 saturated heterocycles. The maximum atomic E-state index is 12.6. The lowest BCUT2D eigenvalue weighted by Crippen LogP contribution is -2.29. The number of halogens is 1. The Kier molecular flexibility index (Phi) is 15.7. The summed E-state index contributed by atoms with van der Waals surface area (Å²) >= 11 is 0. The smallest absolute Gasteiger partial charge is 0.162 e. The Balaban J connectivity index is 0.000000288. The third-order valence-corrected chi connectivity index (χ3v) is 7.98. The van der Waals surface area contributed by atoms with Gasteiger partial charge in [0.25, 0.3) is 0 Å². The number of rotatable bonds is 13. The summed E-state index contributed by atoms with van der Waals surface area (Å²) in [5.41, 5.74) is 2.24. The first-order valence-corrected chi connectivity index (χ1v) is 15.7. The van der Waals surface area contributed by atoms with Crippen molar-refractivity contribution in [2.45, 2.75) is 98.3 Å². The van der Waals surface area contributed by atoms with E-state index in [0.29, 0.717) is 43.0 Å². The van der Waals surface area contributed by atoms with Crippen molar-refractivity contribution in [1.82, 2.24) is 4.90 Å². The zero-order valence-electron chi connectivity index (χ0n) is 26.1. The summed E-state index contributed by atoms with van der Waals surface area (Å²) in [6.07, 6.45) is 9.57. The zero-order valence-corrected chi connectivity index (χ0v) is 26.1. The highest BCUT2D eigenvalue weighted by Gasteiger charge is 2.31. The molecule has 0 N–H and O–H groups in total. The Hall–Kier alpha value is -2.73. The van der Waals surface area contributed by atoms with Crippen LogP contribution in [0.5, 0.6) is 11.5 Å². The molecule has 2 aliphatic heterocycles. The van der Waals surface area contributed by atoms with E-state index in [1.54, 1.807) is 0 Å². The van der Waals surface area contributed by atoms with Crippen LogP contribution in [-0.2, 0) is 4.79 Å². The molecule has 41 heavy (non-hydrogen) atoms. The minimum Gasteiger partial charge on any atom is -0.486 e. The molecular formula is C35H52FNO4. The van der Waals surface area contributed by atoms with Crippen molar-refractivity contribution >= 4 is 12.1 Å². The van der Waals surface area contributed by atoms with Crippen LogP contribution in [0.1, 0.15) is 114 Å². The number of carbonyl (C=O) groups is 2. The molecule has 0 radical (unpaired) electrons. The monoisotopic (exact) mass is 569 g/mol. The van der Waals surface area contributed by atoms with Gasteiger partial charge in [0.2, 0.25) is 0 Å². The topological polar surface area (TPSA) is 55.8 Å². The Labute approximate surface area is 247 Å². The van der Waals surface area contributed by atoms with Crippen molar-refractivity contribution in [1.29, 1.82) is 0 Å². The lowest BCUT2D eigenvalue weighted by atomic mass is 9.71. The van der Waals surface area contributed by atoms with E-state index in [4.69, 9.17) is 9.47 Å². The van der Waals surface area contributed by atoms with E-state index in [2.05, 4.69) is 43.9 Å². The normalized spacial score (nSPS) is 15.2. The molecule has 6 heteroatoms. The molecule has 0 aromatic heterocycles. The van der Waals surface area contributed by atoms with Crippen LogP contribution in [0.25, 0.3) is 0 Å². The van der Waals surface area contributed by atoms with E-state index < -0.39 is 0 Å². The summed E-state index contributed by atoms with van der Waals surface area (Å²) in [5.74, 6) is 2.07. The van der Waals surface area contributed by atoms with Crippen molar-refractivity contribution < 1.29 is 23.5 Å². The Bertz CT molecular complexity index is 1030. The second-order valence-corrected chi connectivity index (χ2v) is 11.3. The van der Waals surface area contributed by atoms with Crippen molar-refractivity contribution in [2.75, 3.05) is 32.8 Å². The molecule has 0 saturated carbocycles. The van der Waals surface area contributed by atoms with E-state index in [1.807, 2.05) is 13.8 Å². The molecule has 2 aromatic carbocycles. The van der Waals surface area contributed by atoms with Gasteiger partial charge in [-0.05, 0) is 111 Å². The van der Waals surface area contributed by atoms with Gasteiger partial charge < -0.3 is 19.2 Å². The number of unbranched alkanes of at least 4 members (excludes halogenated alkanes) is 3. The average Bonchev–Trinajstić information content (AvgIpc) is 3.52. The van der Waals surface area contributed by atoms with Crippen LogP contribution in [0, 0.1) is 11.2 Å². The van der Waals surface area contributed by atoms with Gasteiger partial charge in [-0.1, -0.05) is 47.1 Å². The molecule has 1 unspecified atom stereocenters. The first kappa shape index (κ1) is 34.5. The SMILES string of the molecule is CC.CCC(c1ccc2c(c1)OCCO2)C(C)(C)CCN1CCCC1.O=CCCCCCC(=O)c1ccc(F)cc1. The summed E-state index contributed by atoms with van der Waals surface area (Å²) in [5, 5.41) is 0. The van der Waals surface area contributed by atoms with Gasteiger partial charge in [0.1, 0.15) is 25.3 Å². The molecule has 0 bridgehead atoms. The number of fused-ring (bicyclic) bond motifs is 1. The highest BCUT2D eigenvalue weighted by molar-refractivity contribution is 5.95. The number of likely N-dealkylation sites (tertiary alicyclic amines) is 1. The van der Waals surface area contributed by atoms with E-state index in [0.717, 1.165) is 43.5 Å². The van der Waals surface area contributed by atoms with Crippen LogP contribution < -0.4 is 9.47 Å². The minimum absolute atomic E-state index is 0.0334. The van der Waals surface area contributed by atoms with Gasteiger partial charge in [0.15, 0.2) is 17.3 Å². The summed E-state index contributed by atoms with van der Waals surface area (Å²) in [6, 6.07) is 12.1. The average molecular weight is 570 g/mol. The number of ketones is 1. The summed E-state index contributed by atoms with van der Waals surface area (Å²) < 4.78 is 24.0. The number of carbonyl (C=O) groups excluding carboxylic acids is 2. The number of benzene rings is 2. The van der Waals surface area contributed by atoms with Crippen LogP contribution >= 0.6 is 0 Å².